The number of ether oxygens (including phenoxy) is 1. The summed E-state index contributed by atoms with van der Waals surface area (Å²) in [5.74, 6) is -0.825. The maximum atomic E-state index is 12.4. The SMILES string of the molecule is N#C/C(=C/c1cccc(OC(=O)CCCN2C(=O)c3ccccc3C2=O)c1)c1ccc(Cl)cc1. The van der Waals surface area contributed by atoms with Crippen molar-refractivity contribution >= 4 is 41.0 Å². The van der Waals surface area contributed by atoms with E-state index in [1.807, 2.05) is 0 Å². The minimum atomic E-state index is -0.476. The number of amides is 2. The zero-order valence-electron chi connectivity index (χ0n) is 18.0. The lowest BCUT2D eigenvalue weighted by molar-refractivity contribution is -0.134. The molecule has 4 rings (SSSR count). The molecule has 6 nitrogen and oxygen atoms in total. The van der Waals surface area contributed by atoms with Crippen LogP contribution in [0.15, 0.2) is 72.8 Å². The fourth-order valence-electron chi connectivity index (χ4n) is 3.65. The van der Waals surface area contributed by atoms with Gasteiger partial charge in [0.05, 0.1) is 22.8 Å². The van der Waals surface area contributed by atoms with Crippen molar-refractivity contribution in [1.29, 1.82) is 5.26 Å². The first-order valence-corrected chi connectivity index (χ1v) is 11.0. The van der Waals surface area contributed by atoms with Crippen LogP contribution in [0.25, 0.3) is 11.6 Å². The molecule has 0 radical (unpaired) electrons. The lowest BCUT2D eigenvalue weighted by atomic mass is 10.0. The fourth-order valence-corrected chi connectivity index (χ4v) is 3.78. The summed E-state index contributed by atoms with van der Waals surface area (Å²) in [6, 6.07) is 22.6. The average Bonchev–Trinajstić information content (AvgIpc) is 3.08. The van der Waals surface area contributed by atoms with Gasteiger partial charge in [0.15, 0.2) is 0 Å². The first-order chi connectivity index (χ1) is 16.5. The summed E-state index contributed by atoms with van der Waals surface area (Å²) >= 11 is 5.91. The van der Waals surface area contributed by atoms with Crippen LogP contribution in [0.1, 0.15) is 44.7 Å². The van der Waals surface area contributed by atoms with Crippen LogP contribution in [0, 0.1) is 11.3 Å². The van der Waals surface area contributed by atoms with Crippen LogP contribution < -0.4 is 4.74 Å². The zero-order chi connectivity index (χ0) is 24.1. The molecule has 0 atom stereocenters. The molecular weight excluding hydrogens is 452 g/mol. The van der Waals surface area contributed by atoms with Crippen LogP contribution in [0.5, 0.6) is 5.75 Å². The van der Waals surface area contributed by atoms with Crippen LogP contribution in [-0.4, -0.2) is 29.2 Å². The zero-order valence-corrected chi connectivity index (χ0v) is 18.8. The van der Waals surface area contributed by atoms with E-state index in [1.165, 1.54) is 0 Å². The van der Waals surface area contributed by atoms with Gasteiger partial charge in [-0.2, -0.15) is 5.26 Å². The quantitative estimate of drug-likeness (QED) is 0.152. The minimum Gasteiger partial charge on any atom is -0.427 e. The van der Waals surface area contributed by atoms with Gasteiger partial charge in [-0.15, -0.1) is 0 Å². The highest BCUT2D eigenvalue weighted by Gasteiger charge is 2.34. The van der Waals surface area contributed by atoms with Gasteiger partial charge >= 0.3 is 5.97 Å². The topological polar surface area (TPSA) is 87.5 Å². The molecule has 0 saturated carbocycles. The van der Waals surface area contributed by atoms with Gasteiger partial charge in [0, 0.05) is 18.0 Å². The molecule has 0 unspecified atom stereocenters. The fraction of sp³-hybridized carbons (Fsp3) is 0.111. The molecule has 1 aliphatic rings. The van der Waals surface area contributed by atoms with Gasteiger partial charge in [0.2, 0.25) is 0 Å². The Kier molecular flexibility index (Phi) is 6.86. The second-order valence-corrected chi connectivity index (χ2v) is 8.07. The molecule has 3 aromatic carbocycles. The Morgan fingerprint density at radius 3 is 2.29 bits per heavy atom. The third-order valence-electron chi connectivity index (χ3n) is 5.32. The van der Waals surface area contributed by atoms with E-state index < -0.39 is 5.97 Å². The summed E-state index contributed by atoms with van der Waals surface area (Å²) in [6.45, 7) is 0.136. The van der Waals surface area contributed by atoms with E-state index in [1.54, 1.807) is 78.9 Å². The first kappa shape index (κ1) is 23.0. The predicted octanol–water partition coefficient (Wildman–Crippen LogP) is 5.39. The third-order valence-corrected chi connectivity index (χ3v) is 5.57. The number of allylic oxidation sites excluding steroid dienone is 1. The first-order valence-electron chi connectivity index (χ1n) is 10.6. The molecule has 0 saturated heterocycles. The maximum absolute atomic E-state index is 12.4. The number of hydrogen-bond donors (Lipinski definition) is 0. The Morgan fingerprint density at radius 2 is 1.65 bits per heavy atom. The van der Waals surface area contributed by atoms with E-state index in [9.17, 15) is 19.6 Å². The smallest absolute Gasteiger partial charge is 0.311 e. The Labute approximate surface area is 201 Å². The van der Waals surface area contributed by atoms with Gasteiger partial charge in [-0.25, -0.2) is 0 Å². The lowest BCUT2D eigenvalue weighted by Gasteiger charge is -2.13. The van der Waals surface area contributed by atoms with Crippen molar-refractivity contribution in [2.45, 2.75) is 12.8 Å². The van der Waals surface area contributed by atoms with Crippen LogP contribution >= 0.6 is 11.6 Å². The van der Waals surface area contributed by atoms with Crippen LogP contribution in [-0.2, 0) is 4.79 Å². The highest BCUT2D eigenvalue weighted by Crippen LogP contribution is 2.24. The lowest BCUT2D eigenvalue weighted by Crippen LogP contribution is -2.31. The molecule has 2 amide bonds. The van der Waals surface area contributed by atoms with Gasteiger partial charge in [-0.1, -0.05) is 48.0 Å². The second-order valence-electron chi connectivity index (χ2n) is 7.63. The number of esters is 1. The maximum Gasteiger partial charge on any atom is 0.311 e. The predicted molar refractivity (Wildman–Crippen MR) is 128 cm³/mol. The summed E-state index contributed by atoms with van der Waals surface area (Å²) in [7, 11) is 0. The van der Waals surface area contributed by atoms with Crippen molar-refractivity contribution in [3.05, 3.63) is 100 Å². The van der Waals surface area contributed by atoms with Gasteiger partial charge in [-0.05, 0) is 60.0 Å². The molecule has 0 aliphatic carbocycles. The molecule has 0 fully saturated rings. The van der Waals surface area contributed by atoms with Gasteiger partial charge < -0.3 is 4.74 Å². The highest BCUT2D eigenvalue weighted by atomic mass is 35.5. The minimum absolute atomic E-state index is 0.0433. The standard InChI is InChI=1S/C27H19ClN2O4/c28-21-12-10-19(11-13-21)20(17-29)15-18-5-3-6-22(16-18)34-25(31)9-4-14-30-26(32)23-7-1-2-8-24(23)27(30)33/h1-3,5-8,10-13,15-16H,4,9,14H2/b20-15-. The van der Waals surface area contributed by atoms with Gasteiger partial charge in [0.25, 0.3) is 11.8 Å². The normalized spacial score (nSPS) is 12.9. The van der Waals surface area contributed by atoms with E-state index in [0.717, 1.165) is 10.5 Å². The summed E-state index contributed by atoms with van der Waals surface area (Å²) in [5, 5.41) is 10.1. The Balaban J connectivity index is 1.35. The molecule has 168 valence electrons. The number of halogens is 1. The molecule has 0 N–H and O–H groups in total. The van der Waals surface area contributed by atoms with Crippen LogP contribution in [0.4, 0.5) is 0 Å². The summed E-state index contributed by atoms with van der Waals surface area (Å²) < 4.78 is 5.41. The molecular formula is C27H19ClN2O4. The molecule has 0 aromatic heterocycles. The van der Waals surface area contributed by atoms with Crippen LogP contribution in [0.2, 0.25) is 5.02 Å². The Bertz CT molecular complexity index is 1300. The summed E-state index contributed by atoms with van der Waals surface area (Å²) in [5.41, 5.74) is 2.64. The monoisotopic (exact) mass is 470 g/mol. The number of carbonyl (C=O) groups excluding carboxylic acids is 3. The second kappa shape index (κ2) is 10.2. The molecule has 34 heavy (non-hydrogen) atoms. The number of carbonyl (C=O) groups is 3. The van der Waals surface area contributed by atoms with E-state index in [-0.39, 0.29) is 24.8 Å². The molecule has 0 bridgehead atoms. The summed E-state index contributed by atoms with van der Waals surface area (Å²) in [6.07, 6.45) is 2.03. The highest BCUT2D eigenvalue weighted by molar-refractivity contribution is 6.30. The van der Waals surface area contributed by atoms with Crippen molar-refractivity contribution in [2.75, 3.05) is 6.54 Å². The molecule has 0 spiro atoms. The van der Waals surface area contributed by atoms with Crippen molar-refractivity contribution in [1.82, 2.24) is 4.90 Å². The molecule has 1 aliphatic heterocycles. The van der Waals surface area contributed by atoms with Gasteiger partial charge in [-0.3, -0.25) is 19.3 Å². The average molecular weight is 471 g/mol. The Hall–Kier alpha value is -4.21. The van der Waals surface area contributed by atoms with Crippen molar-refractivity contribution < 1.29 is 19.1 Å². The largest absolute Gasteiger partial charge is 0.427 e. The molecule has 1 heterocycles. The van der Waals surface area contributed by atoms with Gasteiger partial charge in [0.1, 0.15) is 5.75 Å². The number of rotatable bonds is 7. The van der Waals surface area contributed by atoms with Crippen molar-refractivity contribution in [3.63, 3.8) is 0 Å². The van der Waals surface area contributed by atoms with E-state index in [0.29, 0.717) is 39.5 Å². The number of imide groups is 1. The molecule has 7 heteroatoms. The van der Waals surface area contributed by atoms with E-state index >= 15 is 0 Å². The number of hydrogen-bond acceptors (Lipinski definition) is 5. The Morgan fingerprint density at radius 1 is 0.971 bits per heavy atom. The van der Waals surface area contributed by atoms with E-state index in [2.05, 4.69) is 6.07 Å². The molecule has 3 aromatic rings. The third kappa shape index (κ3) is 5.06. The number of fused-ring (bicyclic) bond motifs is 1. The van der Waals surface area contributed by atoms with Crippen LogP contribution in [0.3, 0.4) is 0 Å². The number of nitriles is 1. The number of benzene rings is 3. The van der Waals surface area contributed by atoms with E-state index in [4.69, 9.17) is 16.3 Å². The van der Waals surface area contributed by atoms with Crippen molar-refractivity contribution in [3.8, 4) is 11.8 Å². The number of nitrogens with zero attached hydrogens (tertiary/aromatic N) is 2. The summed E-state index contributed by atoms with van der Waals surface area (Å²) in [4.78, 5) is 38.3. The van der Waals surface area contributed by atoms with Crippen molar-refractivity contribution in [2.24, 2.45) is 0 Å².